The molecule has 0 bridgehead atoms. The average molecular weight is 417 g/mol. The number of thiophene rings is 1. The van der Waals surface area contributed by atoms with Crippen LogP contribution in [0.1, 0.15) is 35.9 Å². The molecule has 0 spiro atoms. The molecular formula is C11H13Br3S. The predicted octanol–water partition coefficient (Wildman–Crippen LogP) is 6.15. The molecule has 3 unspecified atom stereocenters. The van der Waals surface area contributed by atoms with Crippen LogP contribution in [-0.4, -0.2) is 0 Å². The van der Waals surface area contributed by atoms with Gasteiger partial charge >= 0.3 is 0 Å². The molecule has 1 aliphatic rings. The van der Waals surface area contributed by atoms with Gasteiger partial charge in [-0.15, -0.1) is 11.3 Å². The summed E-state index contributed by atoms with van der Waals surface area (Å²) in [5.41, 5.74) is 0. The van der Waals surface area contributed by atoms with Crippen LogP contribution < -0.4 is 0 Å². The Morgan fingerprint density at radius 1 is 1.40 bits per heavy atom. The minimum atomic E-state index is 0.530. The van der Waals surface area contributed by atoms with Crippen molar-refractivity contribution in [3.05, 3.63) is 19.2 Å². The summed E-state index contributed by atoms with van der Waals surface area (Å²) in [4.78, 5) is 1.97. The summed E-state index contributed by atoms with van der Waals surface area (Å²) >= 11 is 12.8. The van der Waals surface area contributed by atoms with Gasteiger partial charge in [0.05, 0.1) is 8.61 Å². The molecule has 2 rings (SSSR count). The van der Waals surface area contributed by atoms with E-state index in [1.807, 2.05) is 11.3 Å². The lowest BCUT2D eigenvalue weighted by molar-refractivity contribution is 0.417. The van der Waals surface area contributed by atoms with Crippen LogP contribution in [0.4, 0.5) is 0 Å². The van der Waals surface area contributed by atoms with E-state index in [-0.39, 0.29) is 0 Å². The van der Waals surface area contributed by atoms with Crippen molar-refractivity contribution in [3.63, 3.8) is 0 Å². The first-order chi connectivity index (χ1) is 7.09. The van der Waals surface area contributed by atoms with Crippen LogP contribution in [0.3, 0.4) is 0 Å². The largest absolute Gasteiger partial charge is 0.131 e. The maximum absolute atomic E-state index is 3.87. The van der Waals surface area contributed by atoms with Crippen LogP contribution in [0.2, 0.25) is 0 Å². The predicted molar refractivity (Wildman–Crippen MR) is 77.9 cm³/mol. The topological polar surface area (TPSA) is 0 Å². The van der Waals surface area contributed by atoms with Crippen molar-refractivity contribution in [1.82, 2.24) is 0 Å². The Kier molecular flexibility index (Phi) is 4.36. The second kappa shape index (κ2) is 5.19. The van der Waals surface area contributed by atoms with Crippen molar-refractivity contribution in [3.8, 4) is 0 Å². The highest BCUT2D eigenvalue weighted by molar-refractivity contribution is 9.13. The molecule has 1 heterocycles. The molecule has 1 fully saturated rings. The molecule has 4 heteroatoms. The molecule has 0 aliphatic heterocycles. The first kappa shape index (κ1) is 12.6. The van der Waals surface area contributed by atoms with Crippen LogP contribution >= 0.6 is 59.1 Å². The van der Waals surface area contributed by atoms with Crippen molar-refractivity contribution >= 4 is 59.1 Å². The van der Waals surface area contributed by atoms with Gasteiger partial charge in [-0.05, 0) is 56.2 Å². The van der Waals surface area contributed by atoms with Crippen LogP contribution in [0, 0.1) is 11.8 Å². The second-order valence-electron chi connectivity index (χ2n) is 4.24. The second-order valence-corrected chi connectivity index (χ2v) is 8.49. The first-order valence-corrected chi connectivity index (χ1v) is 8.50. The monoisotopic (exact) mass is 414 g/mol. The lowest BCUT2D eigenvalue weighted by Gasteiger charge is -2.20. The van der Waals surface area contributed by atoms with Gasteiger partial charge in [-0.2, -0.15) is 0 Å². The molecule has 0 N–H and O–H groups in total. The van der Waals surface area contributed by atoms with E-state index in [2.05, 4.69) is 60.8 Å². The Bertz CT molecular complexity index is 328. The summed E-state index contributed by atoms with van der Waals surface area (Å²) in [6.07, 6.45) is 4.15. The van der Waals surface area contributed by atoms with E-state index in [9.17, 15) is 0 Å². The van der Waals surface area contributed by atoms with E-state index in [1.54, 1.807) is 0 Å². The highest BCUT2D eigenvalue weighted by Crippen LogP contribution is 2.48. The van der Waals surface area contributed by atoms with Crippen molar-refractivity contribution in [1.29, 1.82) is 0 Å². The molecule has 1 aliphatic carbocycles. The molecule has 15 heavy (non-hydrogen) atoms. The van der Waals surface area contributed by atoms with Gasteiger partial charge in [-0.25, -0.2) is 0 Å². The third kappa shape index (κ3) is 2.70. The fourth-order valence-electron chi connectivity index (χ4n) is 2.32. The van der Waals surface area contributed by atoms with Crippen LogP contribution in [0.25, 0.3) is 0 Å². The van der Waals surface area contributed by atoms with Crippen LogP contribution in [0.5, 0.6) is 0 Å². The lowest BCUT2D eigenvalue weighted by atomic mass is 9.94. The zero-order valence-electron chi connectivity index (χ0n) is 8.47. The molecule has 0 saturated heterocycles. The van der Waals surface area contributed by atoms with Gasteiger partial charge in [0, 0.05) is 9.35 Å². The van der Waals surface area contributed by atoms with E-state index in [0.29, 0.717) is 4.83 Å². The molecule has 0 radical (unpaired) electrons. The van der Waals surface area contributed by atoms with Crippen molar-refractivity contribution in [2.24, 2.45) is 11.8 Å². The molecule has 84 valence electrons. The summed E-state index contributed by atoms with van der Waals surface area (Å²) in [6.45, 7) is 2.38. The highest BCUT2D eigenvalue weighted by atomic mass is 79.9. The Morgan fingerprint density at radius 3 is 2.60 bits per heavy atom. The standard InChI is InChI=1S/C11H13Br3S/c1-6-3-2-4-7(6)10(13)9-5-8(12)11(14)15-9/h5-7,10H,2-4H2,1H3. The summed E-state index contributed by atoms with van der Waals surface area (Å²) in [7, 11) is 0. The third-order valence-corrected chi connectivity index (χ3v) is 8.05. The van der Waals surface area contributed by atoms with Gasteiger partial charge in [-0.3, -0.25) is 0 Å². The van der Waals surface area contributed by atoms with Gasteiger partial charge in [0.25, 0.3) is 0 Å². The number of hydrogen-bond donors (Lipinski definition) is 0. The van der Waals surface area contributed by atoms with Crippen molar-refractivity contribution in [2.45, 2.75) is 31.0 Å². The van der Waals surface area contributed by atoms with Crippen LogP contribution in [0.15, 0.2) is 14.3 Å². The molecular weight excluding hydrogens is 404 g/mol. The molecule has 0 nitrogen and oxygen atoms in total. The van der Waals surface area contributed by atoms with Gasteiger partial charge in [0.1, 0.15) is 0 Å². The number of rotatable bonds is 2. The molecule has 3 atom stereocenters. The number of halogens is 3. The molecule has 1 aromatic rings. The fraction of sp³-hybridized carbons (Fsp3) is 0.636. The molecule has 0 amide bonds. The molecule has 1 aromatic heterocycles. The Morgan fingerprint density at radius 2 is 2.13 bits per heavy atom. The Labute approximate surface area is 120 Å². The van der Waals surface area contributed by atoms with Crippen LogP contribution in [-0.2, 0) is 0 Å². The quantitative estimate of drug-likeness (QED) is 0.507. The average Bonchev–Trinajstić information content (AvgIpc) is 2.74. The first-order valence-electron chi connectivity index (χ1n) is 5.18. The summed E-state index contributed by atoms with van der Waals surface area (Å²) in [6, 6.07) is 2.24. The maximum Gasteiger partial charge on any atom is 0.0843 e. The van der Waals surface area contributed by atoms with Crippen molar-refractivity contribution < 1.29 is 0 Å². The summed E-state index contributed by atoms with van der Waals surface area (Å²) in [5, 5.41) is 0. The minimum Gasteiger partial charge on any atom is -0.131 e. The van der Waals surface area contributed by atoms with Gasteiger partial charge in [-0.1, -0.05) is 35.7 Å². The third-order valence-electron chi connectivity index (χ3n) is 3.24. The van der Waals surface area contributed by atoms with E-state index in [4.69, 9.17) is 0 Å². The van der Waals surface area contributed by atoms with Crippen molar-refractivity contribution in [2.75, 3.05) is 0 Å². The zero-order valence-corrected chi connectivity index (χ0v) is 14.0. The molecule has 0 aromatic carbocycles. The summed E-state index contributed by atoms with van der Waals surface area (Å²) < 4.78 is 2.38. The normalized spacial score (nSPS) is 28.3. The Hall–Kier alpha value is 1.14. The fourth-order valence-corrected chi connectivity index (χ4v) is 5.66. The van der Waals surface area contributed by atoms with E-state index >= 15 is 0 Å². The van der Waals surface area contributed by atoms with E-state index in [1.165, 1.54) is 32.4 Å². The van der Waals surface area contributed by atoms with Gasteiger partial charge in [0.2, 0.25) is 0 Å². The maximum atomic E-state index is 3.87. The smallest absolute Gasteiger partial charge is 0.0843 e. The summed E-state index contributed by atoms with van der Waals surface area (Å²) in [5.74, 6) is 1.66. The minimum absolute atomic E-state index is 0.530. The van der Waals surface area contributed by atoms with Gasteiger partial charge in [0.15, 0.2) is 0 Å². The zero-order chi connectivity index (χ0) is 11.0. The number of hydrogen-bond acceptors (Lipinski definition) is 1. The Balaban J connectivity index is 2.16. The highest BCUT2D eigenvalue weighted by Gasteiger charge is 2.31. The lowest BCUT2D eigenvalue weighted by Crippen LogP contribution is -2.09. The number of alkyl halides is 1. The van der Waals surface area contributed by atoms with Gasteiger partial charge < -0.3 is 0 Å². The van der Waals surface area contributed by atoms with E-state index in [0.717, 1.165) is 11.8 Å². The SMILES string of the molecule is CC1CCCC1C(Br)c1cc(Br)c(Br)s1. The van der Waals surface area contributed by atoms with E-state index < -0.39 is 0 Å². The molecule has 1 saturated carbocycles.